The molecule has 2 aliphatic rings. The van der Waals surface area contributed by atoms with Crippen LogP contribution in [0, 0.1) is 5.92 Å². The van der Waals surface area contributed by atoms with E-state index in [9.17, 15) is 19.5 Å². The van der Waals surface area contributed by atoms with Crippen LogP contribution in [0.1, 0.15) is 6.42 Å². The minimum atomic E-state index is -0.875. The first-order valence-corrected chi connectivity index (χ1v) is 11.4. The number of fused-ring (bicyclic) bond motifs is 2. The third-order valence-electron chi connectivity index (χ3n) is 6.02. The Bertz CT molecular complexity index is 1380. The maximum atomic E-state index is 12.6. The Morgan fingerprint density at radius 2 is 2.11 bits per heavy atom. The molecule has 2 aliphatic heterocycles. The smallest absolute Gasteiger partial charge is 0.270 e. The van der Waals surface area contributed by atoms with E-state index < -0.39 is 6.10 Å². The number of amides is 2. The van der Waals surface area contributed by atoms with Crippen molar-refractivity contribution >= 4 is 34.6 Å². The fourth-order valence-electron chi connectivity index (χ4n) is 4.28. The average Bonchev–Trinajstić information content (AvgIpc) is 3.25. The van der Waals surface area contributed by atoms with Crippen LogP contribution < -0.4 is 30.6 Å². The summed E-state index contributed by atoms with van der Waals surface area (Å²) in [6, 6.07) is 6.72. The summed E-state index contributed by atoms with van der Waals surface area (Å²) in [6.45, 7) is 1.11. The van der Waals surface area contributed by atoms with Crippen molar-refractivity contribution in [3.63, 3.8) is 0 Å². The first-order chi connectivity index (χ1) is 17.4. The normalized spacial score (nSPS) is 18.1. The highest BCUT2D eigenvalue weighted by molar-refractivity contribution is 5.97. The first kappa shape index (κ1) is 23.6. The molecule has 0 aromatic carbocycles. The van der Waals surface area contributed by atoms with Crippen LogP contribution in [0.15, 0.2) is 35.3 Å². The van der Waals surface area contributed by atoms with Gasteiger partial charge in [0, 0.05) is 32.1 Å². The molecule has 0 aliphatic carbocycles. The molecule has 0 bridgehead atoms. The fraction of sp³-hybridized carbons (Fsp3) is 0.391. The Morgan fingerprint density at radius 3 is 2.94 bits per heavy atom. The number of pyridine rings is 2. The number of anilines is 2. The molecule has 0 radical (unpaired) electrons. The molecule has 5 rings (SSSR count). The maximum Gasteiger partial charge on any atom is 0.270 e. The summed E-state index contributed by atoms with van der Waals surface area (Å²) in [6.07, 6.45) is 0.644. The number of rotatable bonds is 8. The highest BCUT2D eigenvalue weighted by atomic mass is 16.5. The lowest BCUT2D eigenvalue weighted by Crippen LogP contribution is -2.36. The van der Waals surface area contributed by atoms with E-state index in [1.807, 2.05) is 0 Å². The minimum absolute atomic E-state index is 0.00350. The minimum Gasteiger partial charge on any atom is -0.481 e. The number of hydrogen-bond donors (Lipinski definition) is 3. The quantitative estimate of drug-likeness (QED) is 0.373. The van der Waals surface area contributed by atoms with Gasteiger partial charge in [0.15, 0.2) is 23.8 Å². The molecular formula is C23H25N7O6. The standard InChI is InChI=1S/C23H25N7O6/c1-35-19-5-2-15-23(28-19)30(21(34)9-25-15)11-14(31)8-24-7-13-6-20(33)29(10-13)17-4-3-16-22(26-17)27-18(32)12-36-16/h2-5,9,13-14,24,31H,6-8,10-12H2,1H3,(H,26,27,32)/t13-,14?/m1/s1. The second-order valence-electron chi connectivity index (χ2n) is 8.64. The van der Waals surface area contributed by atoms with Gasteiger partial charge in [-0.1, -0.05) is 0 Å². The van der Waals surface area contributed by atoms with E-state index in [4.69, 9.17) is 9.47 Å². The SMILES string of the molecule is COc1ccc2ncc(=O)n(CC(O)CNC[C@H]3CC(=O)N(c4ccc5c(n4)NC(=O)CO5)C3)c2n1. The number of ether oxygens (including phenoxy) is 2. The van der Waals surface area contributed by atoms with Gasteiger partial charge in [0.1, 0.15) is 11.3 Å². The van der Waals surface area contributed by atoms with Crippen molar-refractivity contribution in [1.29, 1.82) is 0 Å². The Hall–Kier alpha value is -4.10. The Kier molecular flexibility index (Phi) is 6.48. The lowest BCUT2D eigenvalue weighted by atomic mass is 10.1. The van der Waals surface area contributed by atoms with Gasteiger partial charge >= 0.3 is 0 Å². The van der Waals surface area contributed by atoms with Gasteiger partial charge in [-0.3, -0.25) is 23.9 Å². The molecule has 36 heavy (non-hydrogen) atoms. The predicted octanol–water partition coefficient (Wildman–Crippen LogP) is -0.470. The van der Waals surface area contributed by atoms with Crippen molar-refractivity contribution in [3.05, 3.63) is 40.8 Å². The van der Waals surface area contributed by atoms with Gasteiger partial charge in [-0.15, -0.1) is 0 Å². The third-order valence-corrected chi connectivity index (χ3v) is 6.02. The van der Waals surface area contributed by atoms with Crippen LogP contribution in [0.3, 0.4) is 0 Å². The van der Waals surface area contributed by atoms with Gasteiger partial charge in [-0.05, 0) is 24.1 Å². The summed E-state index contributed by atoms with van der Waals surface area (Å²) in [7, 11) is 1.48. The molecule has 0 saturated carbocycles. The molecule has 13 nitrogen and oxygen atoms in total. The highest BCUT2D eigenvalue weighted by Crippen LogP contribution is 2.31. The number of aliphatic hydroxyl groups is 1. The molecule has 3 aromatic heterocycles. The lowest BCUT2D eigenvalue weighted by Gasteiger charge is -2.21. The van der Waals surface area contributed by atoms with Gasteiger partial charge in [0.2, 0.25) is 11.8 Å². The van der Waals surface area contributed by atoms with Crippen molar-refractivity contribution in [2.45, 2.75) is 19.1 Å². The van der Waals surface area contributed by atoms with Crippen molar-refractivity contribution < 1.29 is 24.2 Å². The fourth-order valence-corrected chi connectivity index (χ4v) is 4.28. The van der Waals surface area contributed by atoms with E-state index in [0.717, 1.165) is 0 Å². The first-order valence-electron chi connectivity index (χ1n) is 11.4. The van der Waals surface area contributed by atoms with Gasteiger partial charge in [0.05, 0.1) is 26.0 Å². The van der Waals surface area contributed by atoms with Crippen LogP contribution in [-0.4, -0.2) is 75.9 Å². The van der Waals surface area contributed by atoms with Crippen LogP contribution in [0.2, 0.25) is 0 Å². The Morgan fingerprint density at radius 1 is 1.25 bits per heavy atom. The summed E-state index contributed by atoms with van der Waals surface area (Å²) in [4.78, 5) is 50.9. The number of nitrogens with zero attached hydrogens (tertiary/aromatic N) is 5. The zero-order valence-corrected chi connectivity index (χ0v) is 19.5. The molecule has 13 heteroatoms. The largest absolute Gasteiger partial charge is 0.481 e. The average molecular weight is 495 g/mol. The monoisotopic (exact) mass is 495 g/mol. The van der Waals surface area contributed by atoms with E-state index >= 15 is 0 Å². The molecule has 0 spiro atoms. The van der Waals surface area contributed by atoms with E-state index in [0.29, 0.717) is 53.9 Å². The summed E-state index contributed by atoms with van der Waals surface area (Å²) in [5.41, 5.74) is 0.470. The molecule has 3 aromatic rings. The summed E-state index contributed by atoms with van der Waals surface area (Å²) < 4.78 is 11.8. The van der Waals surface area contributed by atoms with E-state index in [1.165, 1.54) is 17.9 Å². The summed E-state index contributed by atoms with van der Waals surface area (Å²) in [5.74, 6) is 1.18. The van der Waals surface area contributed by atoms with Crippen molar-refractivity contribution in [3.8, 4) is 11.6 Å². The predicted molar refractivity (Wildman–Crippen MR) is 128 cm³/mol. The van der Waals surface area contributed by atoms with Gasteiger partial charge in [0.25, 0.3) is 11.5 Å². The van der Waals surface area contributed by atoms with Crippen molar-refractivity contribution in [2.75, 3.05) is 43.6 Å². The van der Waals surface area contributed by atoms with E-state index in [-0.39, 0.29) is 43.0 Å². The molecule has 2 amide bonds. The van der Waals surface area contributed by atoms with Gasteiger partial charge in [-0.25, -0.2) is 9.97 Å². The number of carbonyl (C=O) groups excluding carboxylic acids is 2. The third kappa shape index (κ3) is 4.83. The molecule has 1 saturated heterocycles. The number of aromatic nitrogens is 4. The zero-order chi connectivity index (χ0) is 25.2. The Labute approximate surface area is 205 Å². The molecular weight excluding hydrogens is 470 g/mol. The molecule has 188 valence electrons. The van der Waals surface area contributed by atoms with Crippen molar-refractivity contribution in [1.82, 2.24) is 24.8 Å². The van der Waals surface area contributed by atoms with Gasteiger partial charge < -0.3 is 25.2 Å². The lowest BCUT2D eigenvalue weighted by molar-refractivity contribution is -0.118. The zero-order valence-electron chi connectivity index (χ0n) is 19.5. The van der Waals surface area contributed by atoms with E-state index in [1.54, 1.807) is 29.2 Å². The molecule has 1 unspecified atom stereocenters. The number of nitrogens with one attached hydrogen (secondary N) is 2. The Balaban J connectivity index is 1.17. The van der Waals surface area contributed by atoms with Crippen LogP contribution >= 0.6 is 0 Å². The van der Waals surface area contributed by atoms with Crippen LogP contribution in [0.5, 0.6) is 11.6 Å². The summed E-state index contributed by atoms with van der Waals surface area (Å²) in [5, 5.41) is 16.4. The second-order valence-corrected chi connectivity index (χ2v) is 8.64. The molecule has 2 atom stereocenters. The number of carbonyl (C=O) groups is 2. The van der Waals surface area contributed by atoms with Crippen LogP contribution in [0.4, 0.5) is 11.6 Å². The number of aliphatic hydroxyl groups excluding tert-OH is 1. The van der Waals surface area contributed by atoms with Crippen molar-refractivity contribution in [2.24, 2.45) is 5.92 Å². The van der Waals surface area contributed by atoms with E-state index in [2.05, 4.69) is 25.6 Å². The molecule has 5 heterocycles. The van der Waals surface area contributed by atoms with Gasteiger partial charge in [-0.2, -0.15) is 4.98 Å². The second kappa shape index (κ2) is 9.87. The summed E-state index contributed by atoms with van der Waals surface area (Å²) >= 11 is 0. The van der Waals surface area contributed by atoms with Crippen LogP contribution in [-0.2, 0) is 16.1 Å². The van der Waals surface area contributed by atoms with Crippen LogP contribution in [0.25, 0.3) is 11.2 Å². The number of methoxy groups -OCH3 is 1. The molecule has 1 fully saturated rings. The maximum absolute atomic E-state index is 12.6. The number of hydrogen-bond acceptors (Lipinski definition) is 10. The molecule has 3 N–H and O–H groups in total. The topological polar surface area (TPSA) is 161 Å². The highest BCUT2D eigenvalue weighted by Gasteiger charge is 2.32.